The molecule has 1 aromatic heterocycles. The molecule has 0 fully saturated rings. The summed E-state index contributed by atoms with van der Waals surface area (Å²) < 4.78 is 0. The summed E-state index contributed by atoms with van der Waals surface area (Å²) in [5, 5.41) is 10.4. The Morgan fingerprint density at radius 1 is 1.25 bits per heavy atom. The van der Waals surface area contributed by atoms with Crippen molar-refractivity contribution in [2.45, 2.75) is 52.9 Å². The first-order valence-electron chi connectivity index (χ1n) is 8.08. The maximum atomic E-state index is 12.3. The molecule has 1 aliphatic rings. The zero-order chi connectivity index (χ0) is 17.9. The average Bonchev–Trinajstić information content (AvgIpc) is 2.92. The van der Waals surface area contributed by atoms with Gasteiger partial charge in [0.05, 0.1) is 12.0 Å². The van der Waals surface area contributed by atoms with Crippen LogP contribution in [-0.2, 0) is 22.4 Å². The van der Waals surface area contributed by atoms with Gasteiger partial charge >= 0.3 is 5.97 Å². The molecular formula is C17H24N2O4S. The van der Waals surface area contributed by atoms with Crippen molar-refractivity contribution in [1.82, 2.24) is 10.9 Å². The second-order valence-electron chi connectivity index (χ2n) is 7.25. The fourth-order valence-electron chi connectivity index (χ4n) is 2.92. The predicted molar refractivity (Wildman–Crippen MR) is 91.8 cm³/mol. The third-order valence-corrected chi connectivity index (χ3v) is 5.56. The van der Waals surface area contributed by atoms with E-state index in [2.05, 4.69) is 31.6 Å². The molecule has 7 heteroatoms. The van der Waals surface area contributed by atoms with Crippen LogP contribution in [0.15, 0.2) is 5.38 Å². The van der Waals surface area contributed by atoms with Crippen molar-refractivity contribution in [3.05, 3.63) is 21.4 Å². The van der Waals surface area contributed by atoms with Crippen molar-refractivity contribution in [3.8, 4) is 0 Å². The maximum absolute atomic E-state index is 12.3. The van der Waals surface area contributed by atoms with Crippen molar-refractivity contribution in [2.24, 2.45) is 11.3 Å². The van der Waals surface area contributed by atoms with Crippen LogP contribution in [-0.4, -0.2) is 22.9 Å². The molecule has 0 radical (unpaired) electrons. The predicted octanol–water partition coefficient (Wildman–Crippen LogP) is 2.52. The Balaban J connectivity index is 1.95. The number of aliphatic carboxylic acids is 1. The van der Waals surface area contributed by atoms with Crippen LogP contribution in [0.1, 0.15) is 60.8 Å². The molecular weight excluding hydrogens is 328 g/mol. The van der Waals surface area contributed by atoms with Gasteiger partial charge in [0.25, 0.3) is 5.91 Å². The second kappa shape index (κ2) is 7.34. The lowest BCUT2D eigenvalue weighted by Gasteiger charge is -2.34. The standard InChI is InChI=1S/C17H24N2O4S/c1-17(2,3)10-4-5-11-12(9-24-13(11)8-10)16(23)19-18-14(20)6-7-15(21)22/h9-10H,4-8H2,1-3H3,(H,18,20)(H,19,23)(H,21,22). The first kappa shape index (κ1) is 18.4. The van der Waals surface area contributed by atoms with Crippen molar-refractivity contribution in [1.29, 1.82) is 0 Å². The van der Waals surface area contributed by atoms with Crippen LogP contribution in [0.4, 0.5) is 0 Å². The molecule has 24 heavy (non-hydrogen) atoms. The molecule has 1 atom stereocenters. The van der Waals surface area contributed by atoms with Crippen molar-refractivity contribution < 1.29 is 19.5 Å². The van der Waals surface area contributed by atoms with Gasteiger partial charge in [-0.3, -0.25) is 25.2 Å². The summed E-state index contributed by atoms with van der Waals surface area (Å²) in [6, 6.07) is 0. The molecule has 0 saturated heterocycles. The van der Waals surface area contributed by atoms with Gasteiger partial charge in [0.2, 0.25) is 5.91 Å². The number of rotatable bonds is 4. The van der Waals surface area contributed by atoms with Gasteiger partial charge in [0.1, 0.15) is 0 Å². The van der Waals surface area contributed by atoms with Crippen LogP contribution >= 0.6 is 11.3 Å². The van der Waals surface area contributed by atoms with Gasteiger partial charge in [0.15, 0.2) is 0 Å². The van der Waals surface area contributed by atoms with Gasteiger partial charge in [-0.25, -0.2) is 0 Å². The van der Waals surface area contributed by atoms with Crippen molar-refractivity contribution >= 4 is 29.1 Å². The van der Waals surface area contributed by atoms with Crippen LogP contribution in [0.5, 0.6) is 0 Å². The number of hydrogen-bond donors (Lipinski definition) is 3. The quantitative estimate of drug-likeness (QED) is 0.726. The molecule has 0 spiro atoms. The van der Waals surface area contributed by atoms with Crippen LogP contribution in [0, 0.1) is 11.3 Å². The van der Waals surface area contributed by atoms with E-state index in [0.29, 0.717) is 11.5 Å². The lowest BCUT2D eigenvalue weighted by atomic mass is 9.72. The topological polar surface area (TPSA) is 95.5 Å². The minimum Gasteiger partial charge on any atom is -0.481 e. The van der Waals surface area contributed by atoms with E-state index in [9.17, 15) is 14.4 Å². The Labute approximate surface area is 145 Å². The fraction of sp³-hybridized carbons (Fsp3) is 0.588. The Hall–Kier alpha value is -1.89. The zero-order valence-electron chi connectivity index (χ0n) is 14.3. The van der Waals surface area contributed by atoms with Crippen LogP contribution in [0.3, 0.4) is 0 Å². The zero-order valence-corrected chi connectivity index (χ0v) is 15.1. The smallest absolute Gasteiger partial charge is 0.303 e. The Kier molecular flexibility index (Phi) is 5.64. The molecule has 1 aliphatic carbocycles. The second-order valence-corrected chi connectivity index (χ2v) is 8.22. The van der Waals surface area contributed by atoms with Crippen molar-refractivity contribution in [2.75, 3.05) is 0 Å². The largest absolute Gasteiger partial charge is 0.481 e. The van der Waals surface area contributed by atoms with Gasteiger partial charge in [0, 0.05) is 16.7 Å². The van der Waals surface area contributed by atoms with Gasteiger partial charge in [-0.15, -0.1) is 11.3 Å². The molecule has 1 aromatic rings. The number of carboxylic acid groups (broad SMARTS) is 1. The van der Waals surface area contributed by atoms with E-state index in [-0.39, 0.29) is 24.2 Å². The minimum atomic E-state index is -1.04. The van der Waals surface area contributed by atoms with Gasteiger partial charge < -0.3 is 5.11 Å². The summed E-state index contributed by atoms with van der Waals surface area (Å²) in [4.78, 5) is 35.4. The van der Waals surface area contributed by atoms with Gasteiger partial charge in [-0.2, -0.15) is 0 Å². The van der Waals surface area contributed by atoms with E-state index in [0.717, 1.165) is 24.8 Å². The first-order valence-corrected chi connectivity index (χ1v) is 8.96. The fourth-order valence-corrected chi connectivity index (χ4v) is 4.08. The van der Waals surface area contributed by atoms with E-state index in [4.69, 9.17) is 5.11 Å². The summed E-state index contributed by atoms with van der Waals surface area (Å²) in [6.45, 7) is 6.74. The van der Waals surface area contributed by atoms with Crippen LogP contribution in [0.25, 0.3) is 0 Å². The third kappa shape index (κ3) is 4.56. The summed E-state index contributed by atoms with van der Waals surface area (Å²) in [7, 11) is 0. The molecule has 2 rings (SSSR count). The summed E-state index contributed by atoms with van der Waals surface area (Å²) >= 11 is 1.60. The first-order chi connectivity index (χ1) is 11.2. The monoisotopic (exact) mass is 352 g/mol. The van der Waals surface area contributed by atoms with Gasteiger partial charge in [-0.1, -0.05) is 20.8 Å². The highest BCUT2D eigenvalue weighted by atomic mass is 32.1. The highest BCUT2D eigenvalue weighted by Crippen LogP contribution is 2.40. The molecule has 0 aliphatic heterocycles. The Morgan fingerprint density at radius 2 is 1.96 bits per heavy atom. The minimum absolute atomic E-state index is 0.162. The van der Waals surface area contributed by atoms with E-state index >= 15 is 0 Å². The number of nitrogens with one attached hydrogen (secondary N) is 2. The number of thiophene rings is 1. The number of carbonyl (C=O) groups is 3. The molecule has 1 unspecified atom stereocenters. The number of carbonyl (C=O) groups excluding carboxylic acids is 2. The third-order valence-electron chi connectivity index (χ3n) is 4.51. The lowest BCUT2D eigenvalue weighted by molar-refractivity contribution is -0.138. The number of amides is 2. The Morgan fingerprint density at radius 3 is 2.58 bits per heavy atom. The summed E-state index contributed by atoms with van der Waals surface area (Å²) in [5.74, 6) is -1.29. The molecule has 2 amide bonds. The molecule has 1 heterocycles. The van der Waals surface area contributed by atoms with Crippen molar-refractivity contribution in [3.63, 3.8) is 0 Å². The highest BCUT2D eigenvalue weighted by molar-refractivity contribution is 7.10. The highest BCUT2D eigenvalue weighted by Gasteiger charge is 2.31. The molecule has 6 nitrogen and oxygen atoms in total. The maximum Gasteiger partial charge on any atom is 0.303 e. The Bertz CT molecular complexity index is 646. The lowest BCUT2D eigenvalue weighted by Crippen LogP contribution is -2.42. The van der Waals surface area contributed by atoms with E-state index in [1.165, 1.54) is 4.88 Å². The number of carboxylic acids is 1. The molecule has 3 N–H and O–H groups in total. The van der Waals surface area contributed by atoms with E-state index in [1.54, 1.807) is 11.3 Å². The van der Waals surface area contributed by atoms with Crippen LogP contribution in [0.2, 0.25) is 0 Å². The molecule has 0 aromatic carbocycles. The van der Waals surface area contributed by atoms with E-state index < -0.39 is 11.9 Å². The summed E-state index contributed by atoms with van der Waals surface area (Å²) in [5.41, 5.74) is 6.59. The van der Waals surface area contributed by atoms with E-state index in [1.807, 2.05) is 5.38 Å². The molecule has 132 valence electrons. The average molecular weight is 352 g/mol. The number of hydrogen-bond acceptors (Lipinski definition) is 4. The number of hydrazine groups is 1. The SMILES string of the molecule is CC(C)(C)C1CCc2c(C(=O)NNC(=O)CCC(=O)O)csc2C1. The summed E-state index contributed by atoms with van der Waals surface area (Å²) in [6.07, 6.45) is 2.49. The van der Waals surface area contributed by atoms with Gasteiger partial charge in [-0.05, 0) is 36.2 Å². The molecule has 0 bridgehead atoms. The van der Waals surface area contributed by atoms with Crippen LogP contribution < -0.4 is 10.9 Å². The number of fused-ring (bicyclic) bond motifs is 1. The normalized spacial score (nSPS) is 17.0. The molecule has 0 saturated carbocycles.